The molecule has 0 radical (unpaired) electrons. The van der Waals surface area contributed by atoms with Crippen LogP contribution in [0.15, 0.2) is 47.3 Å². The fraction of sp³-hybridized carbons (Fsp3) is 0.167. The molecule has 0 aliphatic carbocycles. The summed E-state index contributed by atoms with van der Waals surface area (Å²) in [5, 5.41) is 11.4. The number of hydrogen-bond donors (Lipinski definition) is 3. The number of rotatable bonds is 6. The molecular formula is C18H15F2N3O4. The molecular weight excluding hydrogens is 360 g/mol. The third-order valence-electron chi connectivity index (χ3n) is 4.04. The van der Waals surface area contributed by atoms with Crippen molar-refractivity contribution in [3.05, 3.63) is 70.1 Å². The van der Waals surface area contributed by atoms with Gasteiger partial charge in [0, 0.05) is 11.6 Å². The van der Waals surface area contributed by atoms with Gasteiger partial charge in [-0.2, -0.15) is 0 Å². The SMILES string of the molecule is O=C(O)CC(NC(=O)Cn1c(=O)[nH]c2ccccc21)c1ccc(F)cc1F. The fourth-order valence-corrected chi connectivity index (χ4v) is 2.84. The molecule has 9 heteroatoms. The van der Waals surface area contributed by atoms with E-state index in [2.05, 4.69) is 10.3 Å². The minimum atomic E-state index is -1.27. The Bertz CT molecular complexity index is 1070. The number of carboxylic acid groups (broad SMARTS) is 1. The third-order valence-corrected chi connectivity index (χ3v) is 4.04. The molecule has 0 saturated carbocycles. The highest BCUT2D eigenvalue weighted by molar-refractivity contribution is 5.81. The van der Waals surface area contributed by atoms with Crippen molar-refractivity contribution in [2.24, 2.45) is 0 Å². The number of carbonyl (C=O) groups is 2. The fourth-order valence-electron chi connectivity index (χ4n) is 2.84. The number of halogens is 2. The normalized spacial score (nSPS) is 12.1. The summed E-state index contributed by atoms with van der Waals surface area (Å²) in [6, 6.07) is 8.20. The largest absolute Gasteiger partial charge is 0.481 e. The predicted octanol–water partition coefficient (Wildman–Crippen LogP) is 1.94. The lowest BCUT2D eigenvalue weighted by atomic mass is 10.0. The van der Waals surface area contributed by atoms with Gasteiger partial charge in [0.15, 0.2) is 0 Å². The second-order valence-corrected chi connectivity index (χ2v) is 5.92. The maximum absolute atomic E-state index is 14.0. The molecule has 1 aromatic heterocycles. The average molecular weight is 375 g/mol. The van der Waals surface area contributed by atoms with Crippen LogP contribution in [0, 0.1) is 11.6 Å². The molecule has 3 rings (SSSR count). The van der Waals surface area contributed by atoms with Gasteiger partial charge < -0.3 is 15.4 Å². The van der Waals surface area contributed by atoms with Gasteiger partial charge in [-0.05, 0) is 18.2 Å². The number of carboxylic acids is 1. The number of aliphatic carboxylic acids is 1. The van der Waals surface area contributed by atoms with Crippen LogP contribution in [-0.4, -0.2) is 26.5 Å². The number of fused-ring (bicyclic) bond motifs is 1. The number of benzene rings is 2. The Balaban J connectivity index is 1.85. The standard InChI is InChI=1S/C18H15F2N3O4/c19-10-5-6-11(12(20)7-10)14(8-17(25)26)21-16(24)9-23-15-4-2-1-3-13(15)22-18(23)27/h1-7,14H,8-9H2,(H,21,24)(H,22,27)(H,25,26). The Morgan fingerprint density at radius 1 is 1.19 bits per heavy atom. The lowest BCUT2D eigenvalue weighted by molar-refractivity contribution is -0.137. The van der Waals surface area contributed by atoms with E-state index in [9.17, 15) is 23.2 Å². The highest BCUT2D eigenvalue weighted by Crippen LogP contribution is 2.21. The molecule has 1 atom stereocenters. The maximum Gasteiger partial charge on any atom is 0.326 e. The van der Waals surface area contributed by atoms with Crippen molar-refractivity contribution in [3.8, 4) is 0 Å². The van der Waals surface area contributed by atoms with E-state index in [1.165, 1.54) is 4.57 Å². The van der Waals surface area contributed by atoms with Gasteiger partial charge in [-0.25, -0.2) is 13.6 Å². The van der Waals surface area contributed by atoms with E-state index in [4.69, 9.17) is 5.11 Å². The maximum atomic E-state index is 14.0. The number of nitrogens with one attached hydrogen (secondary N) is 2. The molecule has 3 N–H and O–H groups in total. The van der Waals surface area contributed by atoms with Crippen LogP contribution in [0.5, 0.6) is 0 Å². The summed E-state index contributed by atoms with van der Waals surface area (Å²) in [6.45, 7) is -0.387. The molecule has 140 valence electrons. The number of amides is 1. The minimum Gasteiger partial charge on any atom is -0.481 e. The van der Waals surface area contributed by atoms with Crippen molar-refractivity contribution in [2.45, 2.75) is 19.0 Å². The smallest absolute Gasteiger partial charge is 0.326 e. The van der Waals surface area contributed by atoms with Crippen LogP contribution in [0.3, 0.4) is 0 Å². The van der Waals surface area contributed by atoms with Crippen LogP contribution < -0.4 is 11.0 Å². The number of hydrogen-bond acceptors (Lipinski definition) is 3. The first kappa shape index (κ1) is 18.3. The Hall–Kier alpha value is -3.49. The van der Waals surface area contributed by atoms with Crippen LogP contribution in [0.1, 0.15) is 18.0 Å². The second kappa shape index (κ2) is 7.40. The molecule has 0 aliphatic heterocycles. The summed E-state index contributed by atoms with van der Waals surface area (Å²) in [5.41, 5.74) is 0.384. The lowest BCUT2D eigenvalue weighted by Crippen LogP contribution is -2.35. The quantitative estimate of drug-likeness (QED) is 0.612. The summed E-state index contributed by atoms with van der Waals surface area (Å²) in [6.07, 6.45) is -0.600. The Morgan fingerprint density at radius 2 is 1.93 bits per heavy atom. The highest BCUT2D eigenvalue weighted by Gasteiger charge is 2.22. The minimum absolute atomic E-state index is 0.154. The zero-order valence-electron chi connectivity index (χ0n) is 13.9. The van der Waals surface area contributed by atoms with Crippen molar-refractivity contribution in [1.82, 2.24) is 14.9 Å². The molecule has 1 amide bonds. The Labute approximate surface area is 151 Å². The van der Waals surface area contributed by atoms with Crippen LogP contribution in [-0.2, 0) is 16.1 Å². The van der Waals surface area contributed by atoms with Gasteiger partial charge in [-0.1, -0.05) is 18.2 Å². The van der Waals surface area contributed by atoms with E-state index in [0.717, 1.165) is 12.1 Å². The number of aromatic nitrogens is 2. The molecule has 27 heavy (non-hydrogen) atoms. The number of H-pyrrole nitrogens is 1. The average Bonchev–Trinajstić information content (AvgIpc) is 2.89. The van der Waals surface area contributed by atoms with Crippen molar-refractivity contribution in [3.63, 3.8) is 0 Å². The van der Waals surface area contributed by atoms with Crippen molar-refractivity contribution < 1.29 is 23.5 Å². The Morgan fingerprint density at radius 3 is 2.63 bits per heavy atom. The molecule has 1 unspecified atom stereocenters. The number of nitrogens with zero attached hydrogens (tertiary/aromatic N) is 1. The molecule has 0 spiro atoms. The molecule has 1 heterocycles. The van der Waals surface area contributed by atoms with Crippen molar-refractivity contribution in [2.75, 3.05) is 0 Å². The van der Waals surface area contributed by atoms with Crippen LogP contribution in [0.2, 0.25) is 0 Å². The molecule has 0 aliphatic rings. The van der Waals surface area contributed by atoms with Gasteiger partial charge >= 0.3 is 11.7 Å². The van der Waals surface area contributed by atoms with Crippen LogP contribution in [0.4, 0.5) is 8.78 Å². The first-order valence-corrected chi connectivity index (χ1v) is 7.99. The first-order valence-electron chi connectivity index (χ1n) is 7.99. The first-order chi connectivity index (χ1) is 12.8. The van der Waals surface area contributed by atoms with Gasteiger partial charge in [0.2, 0.25) is 5.91 Å². The number of aromatic amines is 1. The van der Waals surface area contributed by atoms with Gasteiger partial charge in [-0.3, -0.25) is 14.2 Å². The van der Waals surface area contributed by atoms with E-state index >= 15 is 0 Å². The summed E-state index contributed by atoms with van der Waals surface area (Å²) in [5.74, 6) is -3.74. The van der Waals surface area contributed by atoms with Gasteiger partial charge in [0.25, 0.3) is 0 Å². The lowest BCUT2D eigenvalue weighted by Gasteiger charge is -2.18. The molecule has 0 saturated heterocycles. The molecule has 7 nitrogen and oxygen atoms in total. The monoisotopic (exact) mass is 375 g/mol. The molecule has 2 aromatic carbocycles. The van der Waals surface area contributed by atoms with Gasteiger partial charge in [-0.15, -0.1) is 0 Å². The van der Waals surface area contributed by atoms with Gasteiger partial charge in [0.1, 0.15) is 18.2 Å². The van der Waals surface area contributed by atoms with Crippen molar-refractivity contribution in [1.29, 1.82) is 0 Å². The molecule has 0 bridgehead atoms. The Kier molecular flexibility index (Phi) is 5.02. The number of para-hydroxylation sites is 2. The third kappa shape index (κ3) is 4.02. The number of carbonyl (C=O) groups excluding carboxylic acids is 1. The van der Waals surface area contributed by atoms with E-state index in [1.807, 2.05) is 0 Å². The summed E-state index contributed by atoms with van der Waals surface area (Å²) >= 11 is 0. The second-order valence-electron chi connectivity index (χ2n) is 5.92. The van der Waals surface area contributed by atoms with E-state index in [1.54, 1.807) is 24.3 Å². The molecule has 3 aromatic rings. The zero-order valence-corrected chi connectivity index (χ0v) is 13.9. The van der Waals surface area contributed by atoms with E-state index in [-0.39, 0.29) is 12.1 Å². The van der Waals surface area contributed by atoms with E-state index < -0.39 is 41.7 Å². The van der Waals surface area contributed by atoms with Crippen LogP contribution in [0.25, 0.3) is 11.0 Å². The van der Waals surface area contributed by atoms with Gasteiger partial charge in [0.05, 0.1) is 23.5 Å². The summed E-state index contributed by atoms with van der Waals surface area (Å²) in [7, 11) is 0. The van der Waals surface area contributed by atoms with E-state index in [0.29, 0.717) is 17.1 Å². The molecule has 0 fully saturated rings. The summed E-state index contributed by atoms with van der Waals surface area (Å²) < 4.78 is 28.3. The van der Waals surface area contributed by atoms with Crippen LogP contribution >= 0.6 is 0 Å². The zero-order chi connectivity index (χ0) is 19.6. The summed E-state index contributed by atoms with van der Waals surface area (Å²) in [4.78, 5) is 38.1. The predicted molar refractivity (Wildman–Crippen MR) is 92.1 cm³/mol. The van der Waals surface area contributed by atoms with Crippen molar-refractivity contribution >= 4 is 22.9 Å². The number of imidazole rings is 1. The highest BCUT2D eigenvalue weighted by atomic mass is 19.1. The topological polar surface area (TPSA) is 104 Å².